The monoisotopic (exact) mass is 568 g/mol. The van der Waals surface area contributed by atoms with Gasteiger partial charge in [0.1, 0.15) is 0 Å². The van der Waals surface area contributed by atoms with E-state index in [1.165, 1.54) is 16.7 Å². The van der Waals surface area contributed by atoms with Gasteiger partial charge in [0.15, 0.2) is 5.78 Å². The smallest absolute Gasteiger partial charge is 0.163 e. The summed E-state index contributed by atoms with van der Waals surface area (Å²) < 4.78 is 0. The minimum absolute atomic E-state index is 0.166. The first kappa shape index (κ1) is 33.4. The second kappa shape index (κ2) is 15.4. The van der Waals surface area contributed by atoms with Crippen LogP contribution in [0.1, 0.15) is 91.6 Å². The molecule has 0 heterocycles. The molecule has 0 aromatic heterocycles. The lowest BCUT2D eigenvalue weighted by Crippen LogP contribution is -2.10. The Morgan fingerprint density at radius 3 is 2.37 bits per heavy atom. The number of benzene rings is 2. The van der Waals surface area contributed by atoms with E-state index in [4.69, 9.17) is 0 Å². The van der Waals surface area contributed by atoms with Crippen LogP contribution in [0.4, 0.5) is 0 Å². The van der Waals surface area contributed by atoms with Crippen molar-refractivity contribution in [2.75, 3.05) is 0 Å². The van der Waals surface area contributed by atoms with Crippen LogP contribution in [-0.4, -0.2) is 5.78 Å². The van der Waals surface area contributed by atoms with Gasteiger partial charge >= 0.3 is 0 Å². The van der Waals surface area contributed by atoms with E-state index in [1.54, 1.807) is 6.08 Å². The SMILES string of the molecule is C=C=C(C(=C)Cc1ccc(C(=C)C(=C=C)C(C)CC)cc1)C1=CCC(C)C(CCC(=O)c2cc(C)c(CC)cc2C=C)=C1. The van der Waals surface area contributed by atoms with E-state index in [2.05, 4.69) is 121 Å². The molecule has 0 aliphatic heterocycles. The van der Waals surface area contributed by atoms with Crippen LogP contribution in [0.5, 0.6) is 0 Å². The molecular formula is C42H48O. The molecule has 2 unspecified atom stereocenters. The zero-order valence-electron chi connectivity index (χ0n) is 27.0. The normalized spacial score (nSPS) is 14.9. The van der Waals surface area contributed by atoms with Gasteiger partial charge in [0.05, 0.1) is 0 Å². The highest BCUT2D eigenvalue weighted by molar-refractivity contribution is 5.99. The van der Waals surface area contributed by atoms with Crippen LogP contribution in [-0.2, 0) is 12.8 Å². The fourth-order valence-electron chi connectivity index (χ4n) is 5.83. The zero-order chi connectivity index (χ0) is 31.7. The van der Waals surface area contributed by atoms with Gasteiger partial charge in [0.2, 0.25) is 0 Å². The fourth-order valence-corrected chi connectivity index (χ4v) is 5.83. The molecule has 1 aliphatic carbocycles. The van der Waals surface area contributed by atoms with Crippen molar-refractivity contribution in [3.8, 4) is 0 Å². The molecule has 43 heavy (non-hydrogen) atoms. The van der Waals surface area contributed by atoms with Gasteiger partial charge in [-0.2, -0.15) is 0 Å². The molecule has 2 aromatic carbocycles. The van der Waals surface area contributed by atoms with Crippen LogP contribution < -0.4 is 0 Å². The molecular weight excluding hydrogens is 520 g/mol. The maximum absolute atomic E-state index is 13.3. The standard InChI is InChI=1S/C42H48O/c1-11-28(6)39(14-4)32(10)36-20-17-33(18-21-36)24-31(9)40(15-5)38-19-16-29(7)37(27-38)22-23-42(43)41-25-30(8)34(12-2)26-35(41)13-3/h13,17-21,25-29H,3-5,9-12,16,22-24H2,1-2,6-8H3. The highest BCUT2D eigenvalue weighted by atomic mass is 16.1. The van der Waals surface area contributed by atoms with Gasteiger partial charge in [0, 0.05) is 23.1 Å². The highest BCUT2D eigenvalue weighted by Gasteiger charge is 2.20. The highest BCUT2D eigenvalue weighted by Crippen LogP contribution is 2.34. The predicted octanol–water partition coefficient (Wildman–Crippen LogP) is 11.3. The maximum Gasteiger partial charge on any atom is 0.163 e. The molecule has 0 spiro atoms. The molecule has 0 N–H and O–H groups in total. The summed E-state index contributed by atoms with van der Waals surface area (Å²) in [5.74, 6) is 0.915. The number of carbonyl (C=O) groups is 1. The molecule has 1 aliphatic rings. The summed E-state index contributed by atoms with van der Waals surface area (Å²) in [5, 5.41) is 0. The van der Waals surface area contributed by atoms with Crippen molar-refractivity contribution in [3.63, 3.8) is 0 Å². The van der Waals surface area contributed by atoms with Crippen molar-refractivity contribution in [3.05, 3.63) is 154 Å². The zero-order valence-corrected chi connectivity index (χ0v) is 27.0. The lowest BCUT2D eigenvalue weighted by atomic mass is 9.82. The minimum atomic E-state index is 0.166. The summed E-state index contributed by atoms with van der Waals surface area (Å²) in [5.41, 5.74) is 19.0. The van der Waals surface area contributed by atoms with Gasteiger partial charge < -0.3 is 0 Å². The molecule has 2 atom stereocenters. The van der Waals surface area contributed by atoms with Gasteiger partial charge in [-0.3, -0.25) is 4.79 Å². The molecule has 0 saturated heterocycles. The number of hydrogen-bond acceptors (Lipinski definition) is 1. The lowest BCUT2D eigenvalue weighted by molar-refractivity contribution is 0.0982. The second-order valence-electron chi connectivity index (χ2n) is 11.8. The van der Waals surface area contributed by atoms with Crippen molar-refractivity contribution in [2.45, 2.75) is 73.1 Å². The Bertz CT molecular complexity index is 1570. The van der Waals surface area contributed by atoms with Crippen molar-refractivity contribution in [1.82, 2.24) is 0 Å². The third kappa shape index (κ3) is 8.03. The summed E-state index contributed by atoms with van der Waals surface area (Å²) >= 11 is 0. The molecule has 0 radical (unpaired) electrons. The molecule has 0 saturated carbocycles. The van der Waals surface area contributed by atoms with Crippen molar-refractivity contribution in [1.29, 1.82) is 0 Å². The molecule has 0 amide bonds. The minimum Gasteiger partial charge on any atom is -0.294 e. The van der Waals surface area contributed by atoms with E-state index in [-0.39, 0.29) is 5.78 Å². The number of allylic oxidation sites excluding steroid dienone is 8. The van der Waals surface area contributed by atoms with Gasteiger partial charge in [-0.1, -0.05) is 115 Å². The first-order valence-corrected chi connectivity index (χ1v) is 15.5. The number of aryl methyl sites for hydroxylation is 2. The van der Waals surface area contributed by atoms with Crippen LogP contribution in [0, 0.1) is 18.8 Å². The van der Waals surface area contributed by atoms with Crippen LogP contribution in [0.2, 0.25) is 0 Å². The summed E-state index contributed by atoms with van der Waals surface area (Å²) in [6.45, 7) is 31.4. The number of carbonyl (C=O) groups excluding carboxylic acids is 1. The van der Waals surface area contributed by atoms with Crippen molar-refractivity contribution < 1.29 is 4.79 Å². The van der Waals surface area contributed by atoms with Gasteiger partial charge in [-0.05, 0) is 101 Å². The van der Waals surface area contributed by atoms with E-state index in [0.29, 0.717) is 24.7 Å². The quantitative estimate of drug-likeness (QED) is 0.126. The van der Waals surface area contributed by atoms with Gasteiger partial charge in [-0.25, -0.2) is 0 Å². The molecule has 1 heteroatoms. The van der Waals surface area contributed by atoms with E-state index >= 15 is 0 Å². The second-order valence-corrected chi connectivity index (χ2v) is 11.8. The summed E-state index contributed by atoms with van der Waals surface area (Å²) in [6.07, 6.45) is 11.1. The molecule has 0 fully saturated rings. The lowest BCUT2D eigenvalue weighted by Gasteiger charge is -2.22. The average molecular weight is 569 g/mol. The number of Topliss-reactive ketones (excluding diaryl/α,β-unsaturated/α-hetero) is 1. The van der Waals surface area contributed by atoms with Gasteiger partial charge in [-0.15, -0.1) is 11.5 Å². The summed E-state index contributed by atoms with van der Waals surface area (Å²) in [6, 6.07) is 12.7. The Kier molecular flexibility index (Phi) is 11.9. The number of ketones is 1. The number of rotatable bonds is 14. The molecule has 2 aromatic rings. The third-order valence-corrected chi connectivity index (χ3v) is 8.87. The fraction of sp³-hybridized carbons (Fsp3) is 0.310. The Morgan fingerprint density at radius 2 is 1.79 bits per heavy atom. The van der Waals surface area contributed by atoms with Crippen molar-refractivity contribution in [2.24, 2.45) is 11.8 Å². The Labute approximate surface area is 260 Å². The summed E-state index contributed by atoms with van der Waals surface area (Å²) in [4.78, 5) is 13.3. The predicted molar refractivity (Wildman–Crippen MR) is 187 cm³/mol. The van der Waals surface area contributed by atoms with Crippen LogP contribution in [0.15, 0.2) is 121 Å². The van der Waals surface area contributed by atoms with Crippen LogP contribution in [0.3, 0.4) is 0 Å². The van der Waals surface area contributed by atoms with Crippen LogP contribution >= 0.6 is 0 Å². The topological polar surface area (TPSA) is 17.1 Å². The Morgan fingerprint density at radius 1 is 1.09 bits per heavy atom. The van der Waals surface area contributed by atoms with Gasteiger partial charge in [0.25, 0.3) is 0 Å². The first-order chi connectivity index (χ1) is 20.6. The molecule has 222 valence electrons. The van der Waals surface area contributed by atoms with Crippen LogP contribution in [0.25, 0.3) is 11.6 Å². The average Bonchev–Trinajstić information content (AvgIpc) is 3.01. The molecule has 3 rings (SSSR count). The van der Waals surface area contributed by atoms with Crippen molar-refractivity contribution >= 4 is 17.4 Å². The van der Waals surface area contributed by atoms with E-state index in [1.807, 2.05) is 6.07 Å². The Hall–Kier alpha value is -4.15. The first-order valence-electron chi connectivity index (χ1n) is 15.5. The Balaban J connectivity index is 1.72. The third-order valence-electron chi connectivity index (χ3n) is 8.87. The summed E-state index contributed by atoms with van der Waals surface area (Å²) in [7, 11) is 0. The molecule has 1 nitrogen and oxygen atoms in total. The molecule has 0 bridgehead atoms. The maximum atomic E-state index is 13.3. The largest absolute Gasteiger partial charge is 0.294 e. The number of hydrogen-bond donors (Lipinski definition) is 0. The van der Waals surface area contributed by atoms with E-state index < -0.39 is 0 Å². The van der Waals surface area contributed by atoms with E-state index in [0.717, 1.165) is 75.8 Å². The van der Waals surface area contributed by atoms with E-state index in [9.17, 15) is 4.79 Å².